The van der Waals surface area contributed by atoms with Gasteiger partial charge < -0.3 is 15.4 Å². The number of halogens is 2. The van der Waals surface area contributed by atoms with Crippen LogP contribution >= 0.6 is 12.2 Å². The number of rotatable bonds is 3. The van der Waals surface area contributed by atoms with Crippen LogP contribution in [0.1, 0.15) is 12.8 Å². The fourth-order valence-corrected chi connectivity index (χ4v) is 1.62. The van der Waals surface area contributed by atoms with E-state index in [1.807, 2.05) is 0 Å². The highest BCUT2D eigenvalue weighted by molar-refractivity contribution is 7.80. The third-order valence-electron chi connectivity index (χ3n) is 2.40. The van der Waals surface area contributed by atoms with Gasteiger partial charge in [-0.15, -0.1) is 0 Å². The normalized spacial score (nSPS) is 14.3. The maximum atomic E-state index is 13.5. The minimum Gasteiger partial charge on any atom is -0.497 e. The van der Waals surface area contributed by atoms with Gasteiger partial charge in [0.25, 0.3) is 0 Å². The second kappa shape index (κ2) is 4.83. The van der Waals surface area contributed by atoms with Crippen molar-refractivity contribution < 1.29 is 13.5 Å². The first-order valence-corrected chi connectivity index (χ1v) is 5.61. The summed E-state index contributed by atoms with van der Waals surface area (Å²) in [4.78, 5) is 0. The summed E-state index contributed by atoms with van der Waals surface area (Å²) in [7, 11) is 1.35. The summed E-state index contributed by atoms with van der Waals surface area (Å²) in [6, 6.07) is 2.54. The van der Waals surface area contributed by atoms with E-state index in [1.165, 1.54) is 7.11 Å². The first kappa shape index (κ1) is 12.0. The number of methoxy groups -OCH3 is 1. The zero-order chi connectivity index (χ0) is 12.4. The zero-order valence-electron chi connectivity index (χ0n) is 9.22. The van der Waals surface area contributed by atoms with Gasteiger partial charge in [-0.05, 0) is 25.1 Å². The van der Waals surface area contributed by atoms with E-state index in [4.69, 9.17) is 17.0 Å². The molecular formula is C11H12F2N2OS. The second-order valence-electron chi connectivity index (χ2n) is 3.84. The van der Waals surface area contributed by atoms with E-state index in [0.29, 0.717) is 6.04 Å². The Morgan fingerprint density at radius 1 is 1.35 bits per heavy atom. The van der Waals surface area contributed by atoms with Crippen LogP contribution in [0.5, 0.6) is 5.75 Å². The molecule has 0 heterocycles. The molecule has 0 bridgehead atoms. The first-order chi connectivity index (χ1) is 8.10. The molecule has 92 valence electrons. The summed E-state index contributed by atoms with van der Waals surface area (Å²) in [6.45, 7) is 0. The fourth-order valence-electron chi connectivity index (χ4n) is 1.35. The SMILES string of the molecule is COc1cc(F)c(NC(=S)NC2CC2)c(F)c1. The van der Waals surface area contributed by atoms with Gasteiger partial charge in [-0.1, -0.05) is 0 Å². The van der Waals surface area contributed by atoms with Gasteiger partial charge >= 0.3 is 0 Å². The summed E-state index contributed by atoms with van der Waals surface area (Å²) in [6.07, 6.45) is 2.07. The van der Waals surface area contributed by atoms with Gasteiger partial charge in [0.2, 0.25) is 0 Å². The molecule has 0 radical (unpaired) electrons. The fraction of sp³-hybridized carbons (Fsp3) is 0.364. The minimum atomic E-state index is -0.734. The van der Waals surface area contributed by atoms with Gasteiger partial charge in [0.15, 0.2) is 16.7 Å². The molecule has 0 aliphatic heterocycles. The van der Waals surface area contributed by atoms with Gasteiger partial charge in [0, 0.05) is 18.2 Å². The predicted molar refractivity (Wildman–Crippen MR) is 65.3 cm³/mol. The van der Waals surface area contributed by atoms with Crippen LogP contribution in [0.3, 0.4) is 0 Å². The molecule has 0 spiro atoms. The lowest BCUT2D eigenvalue weighted by molar-refractivity contribution is 0.407. The van der Waals surface area contributed by atoms with Crippen LogP contribution in [-0.4, -0.2) is 18.3 Å². The highest BCUT2D eigenvalue weighted by atomic mass is 32.1. The van der Waals surface area contributed by atoms with Gasteiger partial charge in [-0.25, -0.2) is 8.78 Å². The average Bonchev–Trinajstić information content (AvgIpc) is 3.07. The lowest BCUT2D eigenvalue weighted by atomic mass is 10.2. The van der Waals surface area contributed by atoms with Crippen LogP contribution in [0.25, 0.3) is 0 Å². The molecule has 6 heteroatoms. The van der Waals surface area contributed by atoms with Crippen molar-refractivity contribution in [2.24, 2.45) is 0 Å². The molecule has 1 aliphatic carbocycles. The monoisotopic (exact) mass is 258 g/mol. The molecule has 0 amide bonds. The van der Waals surface area contributed by atoms with E-state index in [9.17, 15) is 8.78 Å². The molecule has 17 heavy (non-hydrogen) atoms. The molecule has 1 aromatic carbocycles. The molecule has 1 aromatic rings. The third-order valence-corrected chi connectivity index (χ3v) is 2.62. The Labute approximate surface area is 103 Å². The maximum absolute atomic E-state index is 13.5. The number of benzene rings is 1. The topological polar surface area (TPSA) is 33.3 Å². The summed E-state index contributed by atoms with van der Waals surface area (Å²) < 4.78 is 31.8. The molecule has 0 atom stereocenters. The van der Waals surface area contributed by atoms with Crippen LogP contribution < -0.4 is 15.4 Å². The number of hydrogen-bond donors (Lipinski definition) is 2. The quantitative estimate of drug-likeness (QED) is 0.816. The highest BCUT2D eigenvalue weighted by Gasteiger charge is 2.22. The number of anilines is 1. The highest BCUT2D eigenvalue weighted by Crippen LogP contribution is 2.25. The average molecular weight is 258 g/mol. The van der Waals surface area contributed by atoms with Crippen molar-refractivity contribution in [3.05, 3.63) is 23.8 Å². The van der Waals surface area contributed by atoms with Crippen molar-refractivity contribution in [1.29, 1.82) is 0 Å². The lowest BCUT2D eigenvalue weighted by Crippen LogP contribution is -2.30. The Kier molecular flexibility index (Phi) is 3.42. The van der Waals surface area contributed by atoms with Crippen molar-refractivity contribution in [3.8, 4) is 5.75 Å². The number of thiocarbonyl (C=S) groups is 1. The summed E-state index contributed by atoms with van der Waals surface area (Å²) in [5, 5.41) is 5.69. The van der Waals surface area contributed by atoms with Crippen LogP contribution in [0, 0.1) is 11.6 Å². The van der Waals surface area contributed by atoms with Crippen molar-refractivity contribution in [3.63, 3.8) is 0 Å². The van der Waals surface area contributed by atoms with Crippen LogP contribution in [0.2, 0.25) is 0 Å². The van der Waals surface area contributed by atoms with Crippen LogP contribution in [-0.2, 0) is 0 Å². The van der Waals surface area contributed by atoms with Crippen molar-refractivity contribution in [2.45, 2.75) is 18.9 Å². The number of ether oxygens (including phenoxy) is 1. The number of hydrogen-bond acceptors (Lipinski definition) is 2. The van der Waals surface area contributed by atoms with E-state index in [2.05, 4.69) is 10.6 Å². The third kappa shape index (κ3) is 3.03. The van der Waals surface area contributed by atoms with Gasteiger partial charge in [0.1, 0.15) is 11.4 Å². The van der Waals surface area contributed by atoms with E-state index in [-0.39, 0.29) is 16.5 Å². The Bertz CT molecular complexity index is 426. The molecule has 0 unspecified atom stereocenters. The van der Waals surface area contributed by atoms with E-state index >= 15 is 0 Å². The van der Waals surface area contributed by atoms with Gasteiger partial charge in [-0.3, -0.25) is 0 Å². The van der Waals surface area contributed by atoms with E-state index in [0.717, 1.165) is 25.0 Å². The molecule has 3 nitrogen and oxygen atoms in total. The lowest BCUT2D eigenvalue weighted by Gasteiger charge is -2.12. The zero-order valence-corrected chi connectivity index (χ0v) is 10.0. The minimum absolute atomic E-state index is 0.131. The van der Waals surface area contributed by atoms with E-state index < -0.39 is 11.6 Å². The molecule has 1 aliphatic rings. The Hall–Kier alpha value is -1.43. The molecule has 0 aromatic heterocycles. The summed E-state index contributed by atoms with van der Waals surface area (Å²) in [5.74, 6) is -1.34. The number of nitrogens with one attached hydrogen (secondary N) is 2. The van der Waals surface area contributed by atoms with Crippen LogP contribution in [0.15, 0.2) is 12.1 Å². The van der Waals surface area contributed by atoms with Crippen molar-refractivity contribution >= 4 is 23.0 Å². The molecule has 1 fully saturated rings. The Morgan fingerprint density at radius 3 is 2.41 bits per heavy atom. The molecular weight excluding hydrogens is 246 g/mol. The van der Waals surface area contributed by atoms with Crippen molar-refractivity contribution in [2.75, 3.05) is 12.4 Å². The van der Waals surface area contributed by atoms with Crippen LogP contribution in [0.4, 0.5) is 14.5 Å². The first-order valence-electron chi connectivity index (χ1n) is 5.20. The summed E-state index contributed by atoms with van der Waals surface area (Å²) in [5.41, 5.74) is -0.260. The van der Waals surface area contributed by atoms with Gasteiger partial charge in [0.05, 0.1) is 7.11 Å². The Balaban J connectivity index is 2.11. The molecule has 2 rings (SSSR count). The molecule has 2 N–H and O–H groups in total. The predicted octanol–water partition coefficient (Wildman–Crippen LogP) is 2.42. The Morgan fingerprint density at radius 2 is 1.94 bits per heavy atom. The largest absolute Gasteiger partial charge is 0.497 e. The molecule has 1 saturated carbocycles. The molecule has 0 saturated heterocycles. The standard InChI is InChI=1S/C11H12F2N2OS/c1-16-7-4-8(12)10(9(13)5-7)15-11(17)14-6-2-3-6/h4-6H,2-3H2,1H3,(H2,14,15,17). The van der Waals surface area contributed by atoms with E-state index in [1.54, 1.807) is 0 Å². The maximum Gasteiger partial charge on any atom is 0.171 e. The second-order valence-corrected chi connectivity index (χ2v) is 4.25. The smallest absolute Gasteiger partial charge is 0.171 e. The van der Waals surface area contributed by atoms with Gasteiger partial charge in [-0.2, -0.15) is 0 Å². The summed E-state index contributed by atoms with van der Waals surface area (Å²) >= 11 is 4.95. The van der Waals surface area contributed by atoms with Crippen molar-refractivity contribution in [1.82, 2.24) is 5.32 Å².